The Kier molecular flexibility index (Phi) is 6.63. The Morgan fingerprint density at radius 2 is 1.75 bits per heavy atom. The van der Waals surface area contributed by atoms with Crippen LogP contribution in [-0.4, -0.2) is 36.0 Å². The fourth-order valence-electron chi connectivity index (χ4n) is 2.61. The number of likely N-dealkylation sites (N-methyl/N-ethyl adjacent to an activating group) is 1. The molecule has 0 radical (unpaired) electrons. The second-order valence-corrected chi connectivity index (χ2v) is 6.55. The Balaban J connectivity index is 1.52. The first kappa shape index (κ1) is 19.4. The highest BCUT2D eigenvalue weighted by molar-refractivity contribution is 5.94. The lowest BCUT2D eigenvalue weighted by Crippen LogP contribution is -2.30. The van der Waals surface area contributed by atoms with Crippen LogP contribution >= 0.6 is 0 Å². The third kappa shape index (κ3) is 5.58. The highest BCUT2D eigenvalue weighted by Gasteiger charge is 2.13. The van der Waals surface area contributed by atoms with Crippen LogP contribution in [0.25, 0.3) is 0 Å². The van der Waals surface area contributed by atoms with E-state index in [0.29, 0.717) is 31.2 Å². The van der Waals surface area contributed by atoms with Gasteiger partial charge in [0.2, 0.25) is 5.88 Å². The summed E-state index contributed by atoms with van der Waals surface area (Å²) in [4.78, 5) is 18.5. The largest absolute Gasteiger partial charge is 0.492 e. The molecule has 1 aromatic heterocycles. The molecule has 0 unspecified atom stereocenters. The lowest BCUT2D eigenvalue weighted by Gasteiger charge is -2.18. The van der Waals surface area contributed by atoms with Crippen molar-refractivity contribution < 1.29 is 14.3 Å². The Hall–Kier alpha value is -3.34. The van der Waals surface area contributed by atoms with E-state index >= 15 is 0 Å². The van der Waals surface area contributed by atoms with E-state index in [1.807, 2.05) is 61.5 Å². The summed E-state index contributed by atoms with van der Waals surface area (Å²) in [6.45, 7) is 3.34. The van der Waals surface area contributed by atoms with E-state index in [4.69, 9.17) is 9.47 Å². The van der Waals surface area contributed by atoms with Gasteiger partial charge in [-0.1, -0.05) is 48.0 Å². The number of rotatable bonds is 8. The number of aromatic nitrogens is 1. The van der Waals surface area contributed by atoms with Gasteiger partial charge in [0.15, 0.2) is 0 Å². The van der Waals surface area contributed by atoms with Crippen molar-refractivity contribution >= 4 is 5.91 Å². The van der Waals surface area contributed by atoms with Crippen molar-refractivity contribution in [3.8, 4) is 11.6 Å². The maximum absolute atomic E-state index is 12.6. The molecule has 0 aliphatic carbocycles. The summed E-state index contributed by atoms with van der Waals surface area (Å²) in [6, 6.07) is 21.0. The fourth-order valence-corrected chi connectivity index (χ4v) is 2.61. The molecule has 0 atom stereocenters. The minimum atomic E-state index is -0.0977. The zero-order chi connectivity index (χ0) is 19.8. The quantitative estimate of drug-likeness (QED) is 0.593. The van der Waals surface area contributed by atoms with E-state index in [0.717, 1.165) is 11.3 Å². The molecule has 0 bridgehead atoms. The molecule has 0 saturated heterocycles. The van der Waals surface area contributed by atoms with Crippen LogP contribution in [0.15, 0.2) is 72.9 Å². The summed E-state index contributed by atoms with van der Waals surface area (Å²) >= 11 is 0. The highest BCUT2D eigenvalue weighted by atomic mass is 16.5. The number of ether oxygens (including phenoxy) is 2. The van der Waals surface area contributed by atoms with Crippen LogP contribution in [-0.2, 0) is 6.61 Å². The zero-order valence-electron chi connectivity index (χ0n) is 16.2. The van der Waals surface area contributed by atoms with Gasteiger partial charge in [-0.3, -0.25) is 4.79 Å². The first-order valence-corrected chi connectivity index (χ1v) is 9.19. The van der Waals surface area contributed by atoms with Crippen molar-refractivity contribution in [2.24, 2.45) is 0 Å². The van der Waals surface area contributed by atoms with Crippen molar-refractivity contribution in [3.63, 3.8) is 0 Å². The number of hydrogen-bond donors (Lipinski definition) is 0. The molecule has 0 aliphatic rings. The summed E-state index contributed by atoms with van der Waals surface area (Å²) in [5.74, 6) is 1.13. The molecule has 0 aliphatic heterocycles. The molecule has 5 heteroatoms. The number of nitrogens with zero attached hydrogens (tertiary/aromatic N) is 2. The molecule has 28 heavy (non-hydrogen) atoms. The molecular formula is C23H24N2O3. The van der Waals surface area contributed by atoms with E-state index in [1.54, 1.807) is 30.3 Å². The number of amides is 1. The van der Waals surface area contributed by atoms with Gasteiger partial charge in [-0.15, -0.1) is 0 Å². The number of benzene rings is 2. The van der Waals surface area contributed by atoms with Crippen LogP contribution < -0.4 is 9.47 Å². The van der Waals surface area contributed by atoms with Crippen LogP contribution in [0.3, 0.4) is 0 Å². The second-order valence-electron chi connectivity index (χ2n) is 6.55. The van der Waals surface area contributed by atoms with Gasteiger partial charge in [-0.25, -0.2) is 4.98 Å². The maximum atomic E-state index is 12.6. The third-order valence-corrected chi connectivity index (χ3v) is 4.27. The monoisotopic (exact) mass is 376 g/mol. The lowest BCUT2D eigenvalue weighted by atomic mass is 10.2. The molecule has 0 spiro atoms. The van der Waals surface area contributed by atoms with Gasteiger partial charge in [-0.2, -0.15) is 0 Å². The Bertz CT molecular complexity index is 895. The third-order valence-electron chi connectivity index (χ3n) is 4.27. The molecule has 3 rings (SSSR count). The molecule has 0 fully saturated rings. The average Bonchev–Trinajstić information content (AvgIpc) is 2.74. The van der Waals surface area contributed by atoms with Gasteiger partial charge in [0, 0.05) is 24.9 Å². The number of carbonyl (C=O) groups is 1. The van der Waals surface area contributed by atoms with Crippen molar-refractivity contribution in [1.29, 1.82) is 0 Å². The van der Waals surface area contributed by atoms with Crippen molar-refractivity contribution in [2.75, 3.05) is 20.2 Å². The van der Waals surface area contributed by atoms with Gasteiger partial charge in [-0.05, 0) is 30.7 Å². The standard InChI is InChI=1S/C23H24N2O3/c1-18-8-10-21(11-9-18)27-15-14-25(2)23(26)20-12-13-24-22(16-20)28-17-19-6-4-3-5-7-19/h3-13,16H,14-15,17H2,1-2H3. The van der Waals surface area contributed by atoms with Crippen molar-refractivity contribution in [1.82, 2.24) is 9.88 Å². The van der Waals surface area contributed by atoms with Crippen LogP contribution in [0.4, 0.5) is 0 Å². The topological polar surface area (TPSA) is 51.7 Å². The molecule has 1 amide bonds. The Morgan fingerprint density at radius 3 is 2.50 bits per heavy atom. The van der Waals surface area contributed by atoms with Crippen LogP contribution in [0.5, 0.6) is 11.6 Å². The van der Waals surface area contributed by atoms with Gasteiger partial charge in [0.05, 0.1) is 6.54 Å². The molecule has 144 valence electrons. The van der Waals surface area contributed by atoms with Crippen LogP contribution in [0.1, 0.15) is 21.5 Å². The average molecular weight is 376 g/mol. The van der Waals surface area contributed by atoms with Crippen LogP contribution in [0, 0.1) is 6.92 Å². The molecule has 5 nitrogen and oxygen atoms in total. The normalized spacial score (nSPS) is 10.4. The van der Waals surface area contributed by atoms with Gasteiger partial charge in [0.1, 0.15) is 19.0 Å². The lowest BCUT2D eigenvalue weighted by molar-refractivity contribution is 0.0773. The van der Waals surface area contributed by atoms with Gasteiger partial charge in [0.25, 0.3) is 5.91 Å². The van der Waals surface area contributed by atoms with Crippen molar-refractivity contribution in [2.45, 2.75) is 13.5 Å². The molecule has 0 N–H and O–H groups in total. The number of pyridine rings is 1. The first-order chi connectivity index (χ1) is 13.6. The first-order valence-electron chi connectivity index (χ1n) is 9.19. The number of carbonyl (C=O) groups excluding carboxylic acids is 1. The molecular weight excluding hydrogens is 352 g/mol. The minimum absolute atomic E-state index is 0.0977. The predicted molar refractivity (Wildman–Crippen MR) is 109 cm³/mol. The van der Waals surface area contributed by atoms with E-state index in [9.17, 15) is 4.79 Å². The van der Waals surface area contributed by atoms with E-state index in [1.165, 1.54) is 5.56 Å². The molecule has 3 aromatic rings. The summed E-state index contributed by atoms with van der Waals surface area (Å²) in [5.41, 5.74) is 2.77. The molecule has 2 aromatic carbocycles. The maximum Gasteiger partial charge on any atom is 0.253 e. The van der Waals surface area contributed by atoms with Crippen molar-refractivity contribution in [3.05, 3.63) is 89.6 Å². The predicted octanol–water partition coefficient (Wildman–Crippen LogP) is 4.12. The van der Waals surface area contributed by atoms with Crippen LogP contribution in [0.2, 0.25) is 0 Å². The van der Waals surface area contributed by atoms with Gasteiger partial charge >= 0.3 is 0 Å². The minimum Gasteiger partial charge on any atom is -0.492 e. The zero-order valence-corrected chi connectivity index (χ0v) is 16.2. The van der Waals surface area contributed by atoms with Gasteiger partial charge < -0.3 is 14.4 Å². The summed E-state index contributed by atoms with van der Waals surface area (Å²) in [7, 11) is 1.76. The number of hydrogen-bond acceptors (Lipinski definition) is 4. The summed E-state index contributed by atoms with van der Waals surface area (Å²) in [5, 5.41) is 0. The van der Waals surface area contributed by atoms with E-state index in [2.05, 4.69) is 4.98 Å². The summed E-state index contributed by atoms with van der Waals surface area (Å²) in [6.07, 6.45) is 1.59. The fraction of sp³-hybridized carbons (Fsp3) is 0.217. The Labute approximate surface area is 165 Å². The van der Waals surface area contributed by atoms with E-state index in [-0.39, 0.29) is 5.91 Å². The highest BCUT2D eigenvalue weighted by Crippen LogP contribution is 2.14. The molecule has 1 heterocycles. The van der Waals surface area contributed by atoms with E-state index < -0.39 is 0 Å². The second kappa shape index (κ2) is 9.55. The summed E-state index contributed by atoms with van der Waals surface area (Å²) < 4.78 is 11.4. The SMILES string of the molecule is Cc1ccc(OCCN(C)C(=O)c2ccnc(OCc3ccccc3)c2)cc1. The molecule has 0 saturated carbocycles. The smallest absolute Gasteiger partial charge is 0.253 e. The Morgan fingerprint density at radius 1 is 1.00 bits per heavy atom. The number of aryl methyl sites for hydroxylation is 1.